The molecule has 0 saturated carbocycles. The molecule has 2 N–H and O–H groups in total. The molecule has 0 aliphatic heterocycles. The molecule has 0 saturated heterocycles. The van der Waals surface area contributed by atoms with Gasteiger partial charge in [-0.25, -0.2) is 4.79 Å². The normalized spacial score (nSPS) is 10.1. The Morgan fingerprint density at radius 2 is 2.19 bits per heavy atom. The average molecular weight is 305 g/mol. The Labute approximate surface area is 126 Å². The lowest BCUT2D eigenvalue weighted by Crippen LogP contribution is -2.30. The van der Waals surface area contributed by atoms with Gasteiger partial charge in [-0.2, -0.15) is 0 Å². The van der Waals surface area contributed by atoms with Crippen LogP contribution in [0.4, 0.5) is 16.2 Å². The monoisotopic (exact) mass is 305 g/mol. The van der Waals surface area contributed by atoms with Crippen molar-refractivity contribution in [1.29, 1.82) is 0 Å². The maximum Gasteiger partial charge on any atom is 0.319 e. The van der Waals surface area contributed by atoms with E-state index in [9.17, 15) is 14.9 Å². The topological polar surface area (TPSA) is 84.3 Å². The maximum absolute atomic E-state index is 11.8. The molecule has 2 amide bonds. The fourth-order valence-electron chi connectivity index (χ4n) is 1.78. The molecule has 2 aromatic rings. The summed E-state index contributed by atoms with van der Waals surface area (Å²) in [5, 5.41) is 18.1. The quantitative estimate of drug-likeness (QED) is 0.656. The van der Waals surface area contributed by atoms with E-state index in [4.69, 9.17) is 0 Å². The number of anilines is 1. The van der Waals surface area contributed by atoms with E-state index in [0.717, 1.165) is 12.0 Å². The molecule has 7 heteroatoms. The van der Waals surface area contributed by atoms with E-state index in [2.05, 4.69) is 10.6 Å². The predicted molar refractivity (Wildman–Crippen MR) is 82.9 cm³/mol. The van der Waals surface area contributed by atoms with E-state index in [1.165, 1.54) is 17.0 Å². The van der Waals surface area contributed by atoms with Crippen molar-refractivity contribution >= 4 is 28.7 Å². The van der Waals surface area contributed by atoms with E-state index in [1.54, 1.807) is 24.3 Å². The molecule has 0 spiro atoms. The summed E-state index contributed by atoms with van der Waals surface area (Å²) < 4.78 is 0. The SMILES string of the molecule is Cc1ccc([N+](=O)[O-])cc1NC(=O)NCCc1cccs1. The molecule has 0 aliphatic carbocycles. The van der Waals surface area contributed by atoms with Gasteiger partial charge in [0.15, 0.2) is 0 Å². The summed E-state index contributed by atoms with van der Waals surface area (Å²) in [4.78, 5) is 23.2. The highest BCUT2D eigenvalue weighted by Crippen LogP contribution is 2.21. The number of hydrogen-bond donors (Lipinski definition) is 2. The van der Waals surface area contributed by atoms with E-state index in [-0.39, 0.29) is 11.7 Å². The molecule has 1 aromatic heterocycles. The van der Waals surface area contributed by atoms with Gasteiger partial charge in [0.05, 0.1) is 10.6 Å². The lowest BCUT2D eigenvalue weighted by molar-refractivity contribution is -0.384. The summed E-state index contributed by atoms with van der Waals surface area (Å²) in [7, 11) is 0. The summed E-state index contributed by atoms with van der Waals surface area (Å²) in [5.74, 6) is 0. The second-order valence-corrected chi connectivity index (χ2v) is 5.50. The summed E-state index contributed by atoms with van der Waals surface area (Å²) in [6.45, 7) is 2.30. The van der Waals surface area contributed by atoms with E-state index >= 15 is 0 Å². The number of benzene rings is 1. The molecule has 1 aromatic carbocycles. The number of nitrogens with zero attached hydrogens (tertiary/aromatic N) is 1. The zero-order chi connectivity index (χ0) is 15.2. The third kappa shape index (κ3) is 4.28. The zero-order valence-electron chi connectivity index (χ0n) is 11.5. The summed E-state index contributed by atoms with van der Waals surface area (Å²) >= 11 is 1.64. The number of thiophene rings is 1. The van der Waals surface area contributed by atoms with Gasteiger partial charge in [-0.1, -0.05) is 12.1 Å². The molecule has 0 aliphatic rings. The maximum atomic E-state index is 11.8. The smallest absolute Gasteiger partial charge is 0.319 e. The number of urea groups is 1. The van der Waals surface area contributed by atoms with Crippen LogP contribution < -0.4 is 10.6 Å². The minimum atomic E-state index is -0.487. The Kier molecular flexibility index (Phi) is 4.89. The molecule has 0 fully saturated rings. The number of rotatable bonds is 5. The van der Waals surface area contributed by atoms with Gasteiger partial charge in [0.2, 0.25) is 0 Å². The van der Waals surface area contributed by atoms with Gasteiger partial charge in [0, 0.05) is 23.6 Å². The molecule has 1 heterocycles. The molecular weight excluding hydrogens is 290 g/mol. The van der Waals surface area contributed by atoms with Crippen LogP contribution in [0.1, 0.15) is 10.4 Å². The molecule has 0 radical (unpaired) electrons. The average Bonchev–Trinajstić information content (AvgIpc) is 2.94. The van der Waals surface area contributed by atoms with Crippen molar-refractivity contribution < 1.29 is 9.72 Å². The van der Waals surface area contributed by atoms with Crippen LogP contribution in [0.2, 0.25) is 0 Å². The lowest BCUT2D eigenvalue weighted by atomic mass is 10.2. The van der Waals surface area contributed by atoms with Crippen molar-refractivity contribution in [2.45, 2.75) is 13.3 Å². The molecule has 6 nitrogen and oxygen atoms in total. The van der Waals surface area contributed by atoms with Gasteiger partial charge in [-0.3, -0.25) is 10.1 Å². The van der Waals surface area contributed by atoms with E-state index in [1.807, 2.05) is 17.5 Å². The molecule has 2 rings (SSSR count). The fraction of sp³-hybridized carbons (Fsp3) is 0.214. The van der Waals surface area contributed by atoms with Crippen LogP contribution in [0.3, 0.4) is 0 Å². The van der Waals surface area contributed by atoms with Crippen molar-refractivity contribution in [3.63, 3.8) is 0 Å². The fourth-order valence-corrected chi connectivity index (χ4v) is 2.49. The first-order chi connectivity index (χ1) is 10.1. The van der Waals surface area contributed by atoms with Gasteiger partial charge in [-0.05, 0) is 30.4 Å². The van der Waals surface area contributed by atoms with Crippen LogP contribution in [-0.2, 0) is 6.42 Å². The molecule has 0 bridgehead atoms. The Hall–Kier alpha value is -2.41. The van der Waals surface area contributed by atoms with Crippen molar-refractivity contribution in [3.8, 4) is 0 Å². The van der Waals surface area contributed by atoms with Crippen LogP contribution in [0.5, 0.6) is 0 Å². The predicted octanol–water partition coefficient (Wildman–Crippen LogP) is 3.33. The van der Waals surface area contributed by atoms with E-state index < -0.39 is 4.92 Å². The van der Waals surface area contributed by atoms with E-state index in [0.29, 0.717) is 12.2 Å². The number of nitrogens with one attached hydrogen (secondary N) is 2. The Morgan fingerprint density at radius 1 is 1.38 bits per heavy atom. The van der Waals surface area contributed by atoms with Crippen LogP contribution in [0.25, 0.3) is 0 Å². The van der Waals surface area contributed by atoms with Crippen LogP contribution in [0, 0.1) is 17.0 Å². The largest absolute Gasteiger partial charge is 0.338 e. The van der Waals surface area contributed by atoms with Gasteiger partial charge in [-0.15, -0.1) is 11.3 Å². The second kappa shape index (κ2) is 6.85. The zero-order valence-corrected chi connectivity index (χ0v) is 12.3. The molecule has 21 heavy (non-hydrogen) atoms. The van der Waals surface area contributed by atoms with Crippen molar-refractivity contribution in [2.24, 2.45) is 0 Å². The number of amides is 2. The third-order valence-corrected chi connectivity index (χ3v) is 3.85. The molecule has 0 atom stereocenters. The summed E-state index contributed by atoms with van der Waals surface area (Å²) in [6.07, 6.45) is 0.763. The van der Waals surface area contributed by atoms with Crippen molar-refractivity contribution in [2.75, 3.05) is 11.9 Å². The second-order valence-electron chi connectivity index (χ2n) is 4.47. The number of hydrogen-bond acceptors (Lipinski definition) is 4. The van der Waals surface area contributed by atoms with Crippen LogP contribution in [0.15, 0.2) is 35.7 Å². The van der Waals surface area contributed by atoms with Crippen molar-refractivity contribution in [3.05, 3.63) is 56.3 Å². The van der Waals surface area contributed by atoms with Gasteiger partial charge >= 0.3 is 6.03 Å². The minimum absolute atomic E-state index is 0.0468. The number of carbonyl (C=O) groups excluding carboxylic acids is 1. The first-order valence-electron chi connectivity index (χ1n) is 6.38. The van der Waals surface area contributed by atoms with Crippen molar-refractivity contribution in [1.82, 2.24) is 5.32 Å². The Balaban J connectivity index is 1.90. The molecule has 0 unspecified atom stereocenters. The number of nitro benzene ring substituents is 1. The minimum Gasteiger partial charge on any atom is -0.338 e. The molecular formula is C14H15N3O3S. The van der Waals surface area contributed by atoms with Gasteiger partial charge in [0.1, 0.15) is 0 Å². The molecule has 110 valence electrons. The highest BCUT2D eigenvalue weighted by molar-refractivity contribution is 7.09. The Morgan fingerprint density at radius 3 is 2.86 bits per heavy atom. The standard InChI is InChI=1S/C14H15N3O3S/c1-10-4-5-11(17(19)20)9-13(10)16-14(18)15-7-6-12-3-2-8-21-12/h2-5,8-9H,6-7H2,1H3,(H2,15,16,18). The highest BCUT2D eigenvalue weighted by atomic mass is 32.1. The summed E-state index contributed by atoms with van der Waals surface area (Å²) in [5.41, 5.74) is 1.17. The number of carbonyl (C=O) groups is 1. The number of non-ortho nitro benzene ring substituents is 1. The highest BCUT2D eigenvalue weighted by Gasteiger charge is 2.10. The van der Waals surface area contributed by atoms with Gasteiger partial charge < -0.3 is 10.6 Å². The number of aryl methyl sites for hydroxylation is 1. The number of nitro groups is 1. The van der Waals surface area contributed by atoms with Crippen LogP contribution >= 0.6 is 11.3 Å². The van der Waals surface area contributed by atoms with Crippen LogP contribution in [-0.4, -0.2) is 17.5 Å². The summed E-state index contributed by atoms with van der Waals surface area (Å²) in [6, 6.07) is 7.99. The lowest BCUT2D eigenvalue weighted by Gasteiger charge is -2.09. The Bertz CT molecular complexity index is 641. The van der Waals surface area contributed by atoms with Gasteiger partial charge in [0.25, 0.3) is 5.69 Å². The third-order valence-electron chi connectivity index (χ3n) is 2.92. The first-order valence-corrected chi connectivity index (χ1v) is 7.26. The first kappa shape index (κ1) is 15.0.